The van der Waals surface area contributed by atoms with Gasteiger partial charge in [0, 0.05) is 13.1 Å². The van der Waals surface area contributed by atoms with Crippen molar-refractivity contribution >= 4 is 7.60 Å². The third-order valence-corrected chi connectivity index (χ3v) is 3.00. The van der Waals surface area contributed by atoms with Gasteiger partial charge in [0.05, 0.1) is 0 Å². The van der Waals surface area contributed by atoms with E-state index in [9.17, 15) is 4.57 Å². The van der Waals surface area contributed by atoms with Gasteiger partial charge in [-0.05, 0) is 5.56 Å². The number of nitrogens with one attached hydrogen (secondary N) is 1. The summed E-state index contributed by atoms with van der Waals surface area (Å²) in [6.45, 7) is 0.647. The van der Waals surface area contributed by atoms with E-state index in [1.54, 1.807) is 0 Å². The molecule has 1 unspecified atom stereocenters. The van der Waals surface area contributed by atoms with Crippen molar-refractivity contribution in [3.05, 3.63) is 35.9 Å². The van der Waals surface area contributed by atoms with Crippen molar-refractivity contribution in [3.8, 4) is 0 Å². The van der Waals surface area contributed by atoms with Crippen LogP contribution in [0.2, 0.25) is 0 Å². The molecule has 15 heavy (non-hydrogen) atoms. The van der Waals surface area contributed by atoms with Crippen molar-refractivity contribution in [3.63, 3.8) is 0 Å². The summed E-state index contributed by atoms with van der Waals surface area (Å²) in [5, 5.41) is 2.89. The lowest BCUT2D eigenvalue weighted by atomic mass is 10.2. The Morgan fingerprint density at radius 1 is 1.33 bits per heavy atom. The van der Waals surface area contributed by atoms with Gasteiger partial charge in [-0.15, -0.1) is 0 Å². The molecule has 0 aliphatic heterocycles. The minimum absolute atomic E-state index is 0.0964. The molecule has 0 radical (unpaired) electrons. The molecule has 0 bridgehead atoms. The van der Waals surface area contributed by atoms with Gasteiger partial charge in [0.15, 0.2) is 0 Å². The van der Waals surface area contributed by atoms with Crippen LogP contribution < -0.4 is 11.1 Å². The highest BCUT2D eigenvalue weighted by atomic mass is 31.2. The topological polar surface area (TPSA) is 95.6 Å². The first-order valence-electron chi connectivity index (χ1n) is 4.55. The third-order valence-electron chi connectivity index (χ3n) is 1.96. The average Bonchev–Trinajstić information content (AvgIpc) is 2.18. The summed E-state index contributed by atoms with van der Waals surface area (Å²) in [5.74, 6) is -1.14. The molecule has 0 heterocycles. The van der Waals surface area contributed by atoms with E-state index < -0.39 is 13.4 Å². The van der Waals surface area contributed by atoms with Crippen LogP contribution in [0.3, 0.4) is 0 Å². The monoisotopic (exact) mass is 230 g/mol. The summed E-state index contributed by atoms with van der Waals surface area (Å²) in [6, 6.07) is 9.57. The van der Waals surface area contributed by atoms with E-state index in [4.69, 9.17) is 15.5 Å². The number of hydrogen-bond acceptors (Lipinski definition) is 3. The van der Waals surface area contributed by atoms with Crippen LogP contribution in [0.5, 0.6) is 0 Å². The van der Waals surface area contributed by atoms with E-state index in [1.165, 1.54) is 0 Å². The first-order chi connectivity index (χ1) is 7.00. The Hall–Kier alpha value is -0.710. The molecule has 0 spiro atoms. The highest BCUT2D eigenvalue weighted by molar-refractivity contribution is 7.52. The molecule has 0 saturated carbocycles. The number of benzene rings is 1. The Labute approximate surface area is 88.5 Å². The van der Waals surface area contributed by atoms with Gasteiger partial charge in [0.1, 0.15) is 5.78 Å². The lowest BCUT2D eigenvalue weighted by Gasteiger charge is -2.13. The molecule has 5 N–H and O–H groups in total. The van der Waals surface area contributed by atoms with E-state index in [0.29, 0.717) is 6.54 Å². The quantitative estimate of drug-likeness (QED) is 0.543. The fourth-order valence-corrected chi connectivity index (χ4v) is 1.45. The SMILES string of the molecule is NC(CNCc1ccccc1)P(=O)(O)O. The number of nitrogens with two attached hydrogens (primary N) is 1. The van der Waals surface area contributed by atoms with Gasteiger partial charge >= 0.3 is 7.60 Å². The van der Waals surface area contributed by atoms with Gasteiger partial charge in [-0.3, -0.25) is 4.57 Å². The highest BCUT2D eigenvalue weighted by Gasteiger charge is 2.23. The van der Waals surface area contributed by atoms with Gasteiger partial charge < -0.3 is 20.8 Å². The zero-order valence-electron chi connectivity index (χ0n) is 8.21. The molecule has 5 nitrogen and oxygen atoms in total. The third kappa shape index (κ3) is 4.55. The van der Waals surface area contributed by atoms with Crippen LogP contribution in [-0.4, -0.2) is 22.1 Å². The molecular formula is C9H15N2O3P. The standard InChI is InChI=1S/C9H15N2O3P/c10-9(15(12,13)14)7-11-6-8-4-2-1-3-5-8/h1-5,9,11H,6-7,10H2,(H2,12,13,14). The molecule has 6 heteroatoms. The molecule has 1 rings (SSSR count). The van der Waals surface area contributed by atoms with Crippen LogP contribution in [0.4, 0.5) is 0 Å². The number of rotatable bonds is 5. The predicted octanol–water partition coefficient (Wildman–Crippen LogP) is 0.239. The molecule has 1 aromatic rings. The Kier molecular flexibility index (Phi) is 4.45. The van der Waals surface area contributed by atoms with Gasteiger partial charge in [-0.25, -0.2) is 0 Å². The van der Waals surface area contributed by atoms with Crippen LogP contribution in [0, 0.1) is 0 Å². The first-order valence-corrected chi connectivity index (χ1v) is 6.24. The van der Waals surface area contributed by atoms with Gasteiger partial charge in [0.2, 0.25) is 0 Å². The van der Waals surface area contributed by atoms with Crippen molar-refractivity contribution in [2.24, 2.45) is 5.73 Å². The van der Waals surface area contributed by atoms with Gasteiger partial charge in [0.25, 0.3) is 0 Å². The molecule has 0 fully saturated rings. The Balaban J connectivity index is 2.31. The summed E-state index contributed by atoms with van der Waals surface area (Å²) >= 11 is 0. The van der Waals surface area contributed by atoms with E-state index in [1.807, 2.05) is 30.3 Å². The second-order valence-corrected chi connectivity index (χ2v) is 5.11. The molecular weight excluding hydrogens is 215 g/mol. The lowest BCUT2D eigenvalue weighted by molar-refractivity contribution is 0.355. The van der Waals surface area contributed by atoms with Crippen molar-refractivity contribution in [1.29, 1.82) is 0 Å². The smallest absolute Gasteiger partial charge is 0.323 e. The lowest BCUT2D eigenvalue weighted by Crippen LogP contribution is -2.33. The van der Waals surface area contributed by atoms with Crippen molar-refractivity contribution in [2.45, 2.75) is 12.3 Å². The maximum absolute atomic E-state index is 10.7. The van der Waals surface area contributed by atoms with E-state index in [-0.39, 0.29) is 6.54 Å². The van der Waals surface area contributed by atoms with E-state index in [0.717, 1.165) is 5.56 Å². The molecule has 0 amide bonds. The summed E-state index contributed by atoms with van der Waals surface area (Å²) in [4.78, 5) is 17.5. The fraction of sp³-hybridized carbons (Fsp3) is 0.333. The van der Waals surface area contributed by atoms with Crippen LogP contribution in [0.15, 0.2) is 30.3 Å². The van der Waals surface area contributed by atoms with Crippen LogP contribution >= 0.6 is 7.60 Å². The van der Waals surface area contributed by atoms with Crippen molar-refractivity contribution in [2.75, 3.05) is 6.54 Å². The van der Waals surface area contributed by atoms with Crippen LogP contribution in [0.25, 0.3) is 0 Å². The highest BCUT2D eigenvalue weighted by Crippen LogP contribution is 2.37. The molecule has 0 saturated heterocycles. The van der Waals surface area contributed by atoms with E-state index in [2.05, 4.69) is 5.32 Å². The normalized spacial score (nSPS) is 13.8. The summed E-state index contributed by atoms with van der Waals surface area (Å²) in [6.07, 6.45) is 0. The minimum Gasteiger partial charge on any atom is -0.323 e. The summed E-state index contributed by atoms with van der Waals surface area (Å²) in [7, 11) is -4.16. The fourth-order valence-electron chi connectivity index (χ4n) is 1.08. The Bertz CT molecular complexity index is 338. The van der Waals surface area contributed by atoms with Crippen LogP contribution in [-0.2, 0) is 11.1 Å². The minimum atomic E-state index is -4.16. The van der Waals surface area contributed by atoms with Crippen LogP contribution in [0.1, 0.15) is 5.56 Å². The maximum atomic E-state index is 10.7. The van der Waals surface area contributed by atoms with Gasteiger partial charge in [-0.2, -0.15) is 0 Å². The summed E-state index contributed by atoms with van der Waals surface area (Å²) < 4.78 is 10.7. The number of hydrogen-bond donors (Lipinski definition) is 4. The second kappa shape index (κ2) is 5.39. The Morgan fingerprint density at radius 2 is 1.93 bits per heavy atom. The maximum Gasteiger partial charge on any atom is 0.343 e. The van der Waals surface area contributed by atoms with Gasteiger partial charge in [-0.1, -0.05) is 30.3 Å². The molecule has 0 aliphatic rings. The second-order valence-electron chi connectivity index (χ2n) is 3.27. The average molecular weight is 230 g/mol. The van der Waals surface area contributed by atoms with Crippen molar-refractivity contribution < 1.29 is 14.4 Å². The zero-order chi connectivity index (χ0) is 11.3. The van der Waals surface area contributed by atoms with E-state index >= 15 is 0 Å². The molecule has 1 atom stereocenters. The Morgan fingerprint density at radius 3 is 2.47 bits per heavy atom. The molecule has 0 aromatic heterocycles. The first kappa shape index (κ1) is 12.4. The largest absolute Gasteiger partial charge is 0.343 e. The molecule has 84 valence electrons. The van der Waals surface area contributed by atoms with Crippen molar-refractivity contribution in [1.82, 2.24) is 5.32 Å². The zero-order valence-corrected chi connectivity index (χ0v) is 9.10. The molecule has 1 aromatic carbocycles. The summed E-state index contributed by atoms with van der Waals surface area (Å²) in [5.41, 5.74) is 6.34. The molecule has 0 aliphatic carbocycles. The predicted molar refractivity (Wildman–Crippen MR) is 58.2 cm³/mol.